The minimum atomic E-state index is 0.0803. The summed E-state index contributed by atoms with van der Waals surface area (Å²) in [5.41, 5.74) is 0.229. The summed E-state index contributed by atoms with van der Waals surface area (Å²) in [5, 5.41) is 0. The van der Waals surface area contributed by atoms with Gasteiger partial charge in [-0.15, -0.1) is 0 Å². The van der Waals surface area contributed by atoms with Gasteiger partial charge in [0.1, 0.15) is 5.76 Å². The van der Waals surface area contributed by atoms with E-state index in [1.165, 1.54) is 0 Å². The van der Waals surface area contributed by atoms with Crippen molar-refractivity contribution >= 4 is 0 Å². The summed E-state index contributed by atoms with van der Waals surface area (Å²) in [6, 6.07) is 0. The second kappa shape index (κ2) is 4.65. The summed E-state index contributed by atoms with van der Waals surface area (Å²) < 4.78 is 0. The smallest absolute Gasteiger partial charge is 0.143 e. The highest BCUT2D eigenvalue weighted by Gasteiger charge is 2.09. The molecule has 0 aromatic heterocycles. The minimum Gasteiger partial charge on any atom is -0.412 e. The van der Waals surface area contributed by atoms with Gasteiger partial charge in [0.15, 0.2) is 0 Å². The Bertz CT molecular complexity index is 226. The molecule has 0 spiro atoms. The van der Waals surface area contributed by atoms with Crippen molar-refractivity contribution in [3.63, 3.8) is 0 Å². The molecule has 2 N–H and O–H groups in total. The molecule has 0 unspecified atom stereocenters. The Morgan fingerprint density at radius 3 is 1.79 bits per heavy atom. The Morgan fingerprint density at radius 1 is 1.00 bits per heavy atom. The summed E-state index contributed by atoms with van der Waals surface area (Å²) in [7, 11) is 0. The van der Waals surface area contributed by atoms with Crippen molar-refractivity contribution in [3.8, 4) is 0 Å². The fourth-order valence-electron chi connectivity index (χ4n) is 0.880. The number of nitrogens with two attached hydrogens (primary N) is 1. The van der Waals surface area contributed by atoms with Gasteiger partial charge in [-0.05, 0) is 23.0 Å². The maximum atomic E-state index is 5.19. The van der Waals surface area contributed by atoms with Gasteiger partial charge < -0.3 is 4.84 Å². The molecule has 2 heteroatoms. The van der Waals surface area contributed by atoms with E-state index in [9.17, 15) is 0 Å². The molecule has 0 atom stereocenters. The van der Waals surface area contributed by atoms with Crippen LogP contribution in [0.3, 0.4) is 0 Å². The quantitative estimate of drug-likeness (QED) is 0.418. The van der Waals surface area contributed by atoms with Crippen LogP contribution >= 0.6 is 0 Å². The van der Waals surface area contributed by atoms with Gasteiger partial charge in [0, 0.05) is 0 Å². The van der Waals surface area contributed by atoms with Crippen LogP contribution in [0.4, 0.5) is 0 Å². The van der Waals surface area contributed by atoms with E-state index in [2.05, 4.69) is 47.6 Å². The Balaban J connectivity index is 4.61. The van der Waals surface area contributed by atoms with Gasteiger partial charge in [0.2, 0.25) is 0 Å². The van der Waals surface area contributed by atoms with Crippen LogP contribution in [0, 0.1) is 10.8 Å². The highest BCUT2D eigenvalue weighted by Crippen LogP contribution is 2.20. The molecule has 0 aromatic rings. The summed E-state index contributed by atoms with van der Waals surface area (Å²) in [6.45, 7) is 12.7. The molecule has 0 amide bonds. The predicted molar refractivity (Wildman–Crippen MR) is 61.4 cm³/mol. The van der Waals surface area contributed by atoms with Gasteiger partial charge in [-0.1, -0.05) is 47.6 Å². The largest absolute Gasteiger partial charge is 0.412 e. The number of hydrogen-bond acceptors (Lipinski definition) is 2. The zero-order chi connectivity index (χ0) is 11.4. The molecular weight excluding hydrogens is 174 g/mol. The fourth-order valence-corrected chi connectivity index (χ4v) is 0.880. The van der Waals surface area contributed by atoms with Crippen molar-refractivity contribution < 1.29 is 4.84 Å². The Morgan fingerprint density at radius 2 is 1.50 bits per heavy atom. The molecule has 0 heterocycles. The number of hydrogen-bond donors (Lipinski definition) is 1. The van der Waals surface area contributed by atoms with Crippen molar-refractivity contribution in [1.29, 1.82) is 0 Å². The Kier molecular flexibility index (Phi) is 4.40. The van der Waals surface area contributed by atoms with Crippen LogP contribution in [0.15, 0.2) is 24.0 Å². The molecule has 0 aliphatic rings. The molecule has 0 bridgehead atoms. The van der Waals surface area contributed by atoms with Crippen molar-refractivity contribution in [2.24, 2.45) is 16.7 Å². The van der Waals surface area contributed by atoms with Gasteiger partial charge in [-0.3, -0.25) is 0 Å². The topological polar surface area (TPSA) is 35.2 Å². The molecule has 0 aromatic carbocycles. The van der Waals surface area contributed by atoms with Gasteiger partial charge in [-0.2, -0.15) is 5.90 Å². The van der Waals surface area contributed by atoms with Crippen LogP contribution in [0.1, 0.15) is 41.5 Å². The highest BCUT2D eigenvalue weighted by atomic mass is 16.6. The van der Waals surface area contributed by atoms with E-state index in [1.807, 2.05) is 12.2 Å². The molecule has 0 saturated heterocycles. The molecule has 0 radical (unpaired) electrons. The SMILES string of the molecule is CC(C)(C)/C=C\C(=C/C(C)(C)C)ON. The first-order valence-corrected chi connectivity index (χ1v) is 4.93. The third-order valence-corrected chi connectivity index (χ3v) is 1.46. The van der Waals surface area contributed by atoms with Gasteiger partial charge in [-0.25, -0.2) is 0 Å². The Hall–Kier alpha value is -0.760. The molecule has 0 saturated carbocycles. The summed E-state index contributed by atoms with van der Waals surface area (Å²) in [4.78, 5) is 4.80. The molecule has 14 heavy (non-hydrogen) atoms. The average Bonchev–Trinajstić information content (AvgIpc) is 1.94. The van der Waals surface area contributed by atoms with Gasteiger partial charge in [0.25, 0.3) is 0 Å². The standard InChI is InChI=1S/C12H23NO/c1-11(2,3)8-7-10(14-13)9-12(4,5)6/h7-9H,13H2,1-6H3/b8-7-,10-9+. The van der Waals surface area contributed by atoms with E-state index < -0.39 is 0 Å². The first-order chi connectivity index (χ1) is 6.14. The fraction of sp³-hybridized carbons (Fsp3) is 0.667. The van der Waals surface area contributed by atoms with Crippen molar-refractivity contribution in [2.75, 3.05) is 0 Å². The number of rotatable bonds is 2. The maximum absolute atomic E-state index is 5.19. The molecule has 0 rings (SSSR count). The van der Waals surface area contributed by atoms with Gasteiger partial charge >= 0.3 is 0 Å². The monoisotopic (exact) mass is 197 g/mol. The zero-order valence-corrected chi connectivity index (χ0v) is 10.2. The van der Waals surface area contributed by atoms with E-state index in [1.54, 1.807) is 0 Å². The van der Waals surface area contributed by atoms with Crippen molar-refractivity contribution in [2.45, 2.75) is 41.5 Å². The normalized spacial score (nSPS) is 14.9. The van der Waals surface area contributed by atoms with Crippen LogP contribution in [-0.4, -0.2) is 0 Å². The first kappa shape index (κ1) is 13.2. The predicted octanol–water partition coefficient (Wildman–Crippen LogP) is 3.41. The van der Waals surface area contributed by atoms with Crippen molar-refractivity contribution in [1.82, 2.24) is 0 Å². The van der Waals surface area contributed by atoms with Crippen LogP contribution < -0.4 is 5.90 Å². The Labute approximate surface area is 87.8 Å². The zero-order valence-electron chi connectivity index (χ0n) is 10.2. The first-order valence-electron chi connectivity index (χ1n) is 4.93. The molecule has 82 valence electrons. The van der Waals surface area contributed by atoms with Crippen molar-refractivity contribution in [3.05, 3.63) is 24.0 Å². The average molecular weight is 197 g/mol. The van der Waals surface area contributed by atoms with Crippen LogP contribution in [0.25, 0.3) is 0 Å². The lowest BCUT2D eigenvalue weighted by Crippen LogP contribution is -2.06. The van der Waals surface area contributed by atoms with E-state index >= 15 is 0 Å². The lowest BCUT2D eigenvalue weighted by molar-refractivity contribution is 0.227. The lowest BCUT2D eigenvalue weighted by atomic mass is 9.93. The molecule has 0 aliphatic carbocycles. The summed E-state index contributed by atoms with van der Waals surface area (Å²) in [5.74, 6) is 5.90. The summed E-state index contributed by atoms with van der Waals surface area (Å²) in [6.07, 6.45) is 6.01. The maximum Gasteiger partial charge on any atom is 0.143 e. The van der Waals surface area contributed by atoms with Crippen LogP contribution in [0.2, 0.25) is 0 Å². The molecular formula is C12H23NO. The minimum absolute atomic E-state index is 0.0803. The molecule has 0 aliphatic heterocycles. The van der Waals surface area contributed by atoms with Crippen LogP contribution in [-0.2, 0) is 4.84 Å². The number of allylic oxidation sites excluding steroid dienone is 3. The van der Waals surface area contributed by atoms with Gasteiger partial charge in [0.05, 0.1) is 0 Å². The second-order valence-electron chi connectivity index (χ2n) is 5.73. The third-order valence-electron chi connectivity index (χ3n) is 1.46. The molecule has 0 fully saturated rings. The molecule has 2 nitrogen and oxygen atoms in total. The van der Waals surface area contributed by atoms with E-state index in [0.717, 1.165) is 0 Å². The summed E-state index contributed by atoms with van der Waals surface area (Å²) >= 11 is 0. The third kappa shape index (κ3) is 7.87. The highest BCUT2D eigenvalue weighted by molar-refractivity contribution is 5.16. The second-order valence-corrected chi connectivity index (χ2v) is 5.73. The van der Waals surface area contributed by atoms with E-state index in [-0.39, 0.29) is 10.8 Å². The lowest BCUT2D eigenvalue weighted by Gasteiger charge is -2.15. The van der Waals surface area contributed by atoms with E-state index in [4.69, 9.17) is 10.7 Å². The van der Waals surface area contributed by atoms with E-state index in [0.29, 0.717) is 5.76 Å². The van der Waals surface area contributed by atoms with Crippen LogP contribution in [0.5, 0.6) is 0 Å².